The van der Waals surface area contributed by atoms with Crippen molar-refractivity contribution in [2.75, 3.05) is 26.2 Å². The number of carbonyl (C=O) groups is 1. The second kappa shape index (κ2) is 7.87. The number of nitrogens with one attached hydrogen (secondary N) is 2. The number of para-hydroxylation sites is 1. The zero-order valence-electron chi connectivity index (χ0n) is 11.5. The fraction of sp³-hybridized carbons (Fsp3) is 0.533. The fourth-order valence-corrected chi connectivity index (χ4v) is 1.80. The summed E-state index contributed by atoms with van der Waals surface area (Å²) in [6.45, 7) is 1.96. The Bertz CT molecular complexity index is 407. The first-order valence-corrected chi connectivity index (χ1v) is 7.10. The number of ether oxygens (including phenoxy) is 1. The molecule has 0 radical (unpaired) electrons. The molecule has 1 aliphatic carbocycles. The minimum absolute atomic E-state index is 0.153. The van der Waals surface area contributed by atoms with Crippen LogP contribution >= 0.6 is 0 Å². The molecular weight excluding hydrogens is 256 g/mol. The molecule has 0 aliphatic heterocycles. The van der Waals surface area contributed by atoms with Crippen LogP contribution in [0.1, 0.15) is 12.8 Å². The molecule has 0 heterocycles. The van der Waals surface area contributed by atoms with Gasteiger partial charge < -0.3 is 20.5 Å². The molecule has 110 valence electrons. The lowest BCUT2D eigenvalue weighted by atomic mass is 10.3. The molecule has 0 spiro atoms. The number of amides is 1. The summed E-state index contributed by atoms with van der Waals surface area (Å²) in [7, 11) is 0. The molecule has 1 amide bonds. The van der Waals surface area contributed by atoms with Crippen LogP contribution < -0.4 is 15.4 Å². The monoisotopic (exact) mass is 278 g/mol. The summed E-state index contributed by atoms with van der Waals surface area (Å²) in [6, 6.07) is 9.41. The van der Waals surface area contributed by atoms with Gasteiger partial charge in [-0.3, -0.25) is 4.79 Å². The Morgan fingerprint density at radius 3 is 2.75 bits per heavy atom. The number of benzene rings is 1. The normalized spacial score (nSPS) is 15.7. The van der Waals surface area contributed by atoms with E-state index in [1.807, 2.05) is 30.3 Å². The molecule has 20 heavy (non-hydrogen) atoms. The van der Waals surface area contributed by atoms with Crippen LogP contribution in [0.5, 0.6) is 5.75 Å². The van der Waals surface area contributed by atoms with E-state index in [0.29, 0.717) is 19.6 Å². The second-order valence-corrected chi connectivity index (χ2v) is 5.05. The smallest absolute Gasteiger partial charge is 0.223 e. The highest BCUT2D eigenvalue weighted by atomic mass is 16.5. The van der Waals surface area contributed by atoms with Gasteiger partial charge in [-0.15, -0.1) is 0 Å². The van der Waals surface area contributed by atoms with Gasteiger partial charge in [0.15, 0.2) is 0 Å². The Morgan fingerprint density at radius 1 is 1.30 bits per heavy atom. The van der Waals surface area contributed by atoms with Gasteiger partial charge >= 0.3 is 0 Å². The number of rotatable bonds is 9. The highest BCUT2D eigenvalue weighted by Crippen LogP contribution is 2.28. The Hall–Kier alpha value is -1.59. The van der Waals surface area contributed by atoms with Crippen LogP contribution in [0.4, 0.5) is 0 Å². The van der Waals surface area contributed by atoms with Gasteiger partial charge in [0.05, 0.1) is 0 Å². The second-order valence-electron chi connectivity index (χ2n) is 5.05. The summed E-state index contributed by atoms with van der Waals surface area (Å²) >= 11 is 0. The number of hydrogen-bond acceptors (Lipinski definition) is 4. The molecule has 1 aliphatic rings. The van der Waals surface area contributed by atoms with E-state index < -0.39 is 6.10 Å². The lowest BCUT2D eigenvalue weighted by molar-refractivity contribution is -0.122. The van der Waals surface area contributed by atoms with Crippen LogP contribution in [0.15, 0.2) is 30.3 Å². The number of hydrogen-bond donors (Lipinski definition) is 3. The molecule has 0 saturated heterocycles. The molecule has 1 aromatic carbocycles. The first-order valence-electron chi connectivity index (χ1n) is 7.10. The Labute approximate surface area is 119 Å². The Kier molecular flexibility index (Phi) is 5.83. The van der Waals surface area contributed by atoms with E-state index in [1.165, 1.54) is 0 Å². The number of aliphatic hydroxyl groups excluding tert-OH is 1. The molecule has 1 fully saturated rings. The van der Waals surface area contributed by atoms with Crippen molar-refractivity contribution in [1.29, 1.82) is 0 Å². The van der Waals surface area contributed by atoms with Gasteiger partial charge in [-0.05, 0) is 25.0 Å². The molecule has 5 nitrogen and oxygen atoms in total. The number of carbonyl (C=O) groups excluding carboxylic acids is 1. The van der Waals surface area contributed by atoms with Crippen molar-refractivity contribution < 1.29 is 14.6 Å². The van der Waals surface area contributed by atoms with Gasteiger partial charge in [-0.25, -0.2) is 0 Å². The minimum Gasteiger partial charge on any atom is -0.491 e. The van der Waals surface area contributed by atoms with Crippen LogP contribution in [-0.4, -0.2) is 43.4 Å². The lowest BCUT2D eigenvalue weighted by Crippen LogP contribution is -2.37. The molecule has 1 atom stereocenters. The first kappa shape index (κ1) is 14.8. The van der Waals surface area contributed by atoms with Crippen molar-refractivity contribution in [3.05, 3.63) is 30.3 Å². The van der Waals surface area contributed by atoms with Crippen molar-refractivity contribution in [3.8, 4) is 5.75 Å². The maximum atomic E-state index is 11.4. The predicted molar refractivity (Wildman–Crippen MR) is 76.5 cm³/mol. The third-order valence-electron chi connectivity index (χ3n) is 3.11. The van der Waals surface area contributed by atoms with Gasteiger partial charge in [0.25, 0.3) is 0 Å². The molecule has 3 N–H and O–H groups in total. The van der Waals surface area contributed by atoms with Crippen molar-refractivity contribution >= 4 is 5.91 Å². The maximum Gasteiger partial charge on any atom is 0.223 e. The van der Waals surface area contributed by atoms with Crippen molar-refractivity contribution in [1.82, 2.24) is 10.6 Å². The summed E-state index contributed by atoms with van der Waals surface area (Å²) in [5.41, 5.74) is 0. The highest BCUT2D eigenvalue weighted by Gasteiger charge is 2.28. The molecule has 0 unspecified atom stereocenters. The zero-order valence-corrected chi connectivity index (χ0v) is 11.5. The average Bonchev–Trinajstić information content (AvgIpc) is 3.30. The van der Waals surface area contributed by atoms with E-state index in [-0.39, 0.29) is 18.4 Å². The largest absolute Gasteiger partial charge is 0.491 e. The molecule has 2 rings (SSSR count). The van der Waals surface area contributed by atoms with Gasteiger partial charge in [-0.1, -0.05) is 18.2 Å². The maximum absolute atomic E-state index is 11.4. The third-order valence-corrected chi connectivity index (χ3v) is 3.11. The zero-order chi connectivity index (χ0) is 14.2. The van der Waals surface area contributed by atoms with Gasteiger partial charge in [0, 0.05) is 25.6 Å². The number of aliphatic hydroxyl groups is 1. The van der Waals surface area contributed by atoms with E-state index >= 15 is 0 Å². The average molecular weight is 278 g/mol. The molecule has 1 aromatic rings. The van der Waals surface area contributed by atoms with E-state index in [1.54, 1.807) is 0 Å². The van der Waals surface area contributed by atoms with E-state index in [0.717, 1.165) is 18.6 Å². The van der Waals surface area contributed by atoms with Gasteiger partial charge in [-0.2, -0.15) is 0 Å². The first-order chi connectivity index (χ1) is 9.75. The van der Waals surface area contributed by atoms with Crippen LogP contribution in [0, 0.1) is 5.92 Å². The topological polar surface area (TPSA) is 70.6 Å². The van der Waals surface area contributed by atoms with Crippen LogP contribution in [0.3, 0.4) is 0 Å². The predicted octanol–water partition coefficient (Wildman–Crippen LogP) is 0.542. The summed E-state index contributed by atoms with van der Waals surface area (Å²) < 4.78 is 5.44. The Morgan fingerprint density at radius 2 is 2.05 bits per heavy atom. The Balaban J connectivity index is 1.47. The van der Waals surface area contributed by atoms with Crippen LogP contribution in [-0.2, 0) is 4.79 Å². The van der Waals surface area contributed by atoms with Crippen molar-refractivity contribution in [2.45, 2.75) is 18.9 Å². The van der Waals surface area contributed by atoms with Crippen LogP contribution in [0.2, 0.25) is 0 Å². The van der Waals surface area contributed by atoms with E-state index in [9.17, 15) is 9.90 Å². The van der Waals surface area contributed by atoms with Crippen molar-refractivity contribution in [3.63, 3.8) is 0 Å². The molecule has 5 heteroatoms. The lowest BCUT2D eigenvalue weighted by Gasteiger charge is -2.13. The van der Waals surface area contributed by atoms with E-state index in [4.69, 9.17) is 4.74 Å². The van der Waals surface area contributed by atoms with Gasteiger partial charge in [0.2, 0.25) is 5.91 Å². The van der Waals surface area contributed by atoms with Gasteiger partial charge in [0.1, 0.15) is 18.5 Å². The van der Waals surface area contributed by atoms with Crippen LogP contribution in [0.25, 0.3) is 0 Å². The molecule has 0 bridgehead atoms. The quantitative estimate of drug-likeness (QED) is 0.577. The van der Waals surface area contributed by atoms with E-state index in [2.05, 4.69) is 10.6 Å². The summed E-state index contributed by atoms with van der Waals surface area (Å²) in [6.07, 6.45) is 1.48. The standard InChI is InChI=1S/C15H22N2O3/c18-13(11-20-14-4-2-1-3-5-14)10-16-8-9-17-15(19)12-6-7-12/h1-5,12-13,16,18H,6-11H2,(H,17,19)/t13-/m1/s1. The highest BCUT2D eigenvalue weighted by molar-refractivity contribution is 5.80. The third kappa shape index (κ3) is 5.59. The minimum atomic E-state index is -0.561. The molecule has 1 saturated carbocycles. The fourth-order valence-electron chi connectivity index (χ4n) is 1.80. The molecule has 0 aromatic heterocycles. The summed E-state index contributed by atoms with van der Waals surface area (Å²) in [5.74, 6) is 1.16. The van der Waals surface area contributed by atoms with Crippen molar-refractivity contribution in [2.24, 2.45) is 5.92 Å². The SMILES string of the molecule is O=C(NCCNC[C@@H](O)COc1ccccc1)C1CC1. The summed E-state index contributed by atoms with van der Waals surface area (Å²) in [4.78, 5) is 11.4. The molecular formula is C15H22N2O3. The summed E-state index contributed by atoms with van der Waals surface area (Å²) in [5, 5.41) is 15.7.